The van der Waals surface area contributed by atoms with Gasteiger partial charge in [0.05, 0.1) is 5.75 Å². The van der Waals surface area contributed by atoms with Crippen LogP contribution in [0.5, 0.6) is 0 Å². The van der Waals surface area contributed by atoms with Gasteiger partial charge in [-0.15, -0.1) is 0 Å². The molecule has 118 valence electrons. The third-order valence-electron chi connectivity index (χ3n) is 2.66. The molecule has 0 unspecified atom stereocenters. The average molecular weight is 296 g/mol. The molecule has 0 rings (SSSR count). The molecule has 0 bridgehead atoms. The lowest BCUT2D eigenvalue weighted by molar-refractivity contribution is 0.261. The maximum atomic E-state index is 10.6. The van der Waals surface area contributed by atoms with Crippen LogP contribution in [0.25, 0.3) is 0 Å². The molecule has 0 amide bonds. The van der Waals surface area contributed by atoms with Crippen LogP contribution in [-0.4, -0.2) is 68.8 Å². The quantitative estimate of drug-likeness (QED) is 0.726. The SMILES string of the molecule is CCN(CC)CC.CN(C)CC(C)(C)CS(=O)(=O)O. The van der Waals surface area contributed by atoms with Gasteiger partial charge in [-0.3, -0.25) is 4.55 Å². The second kappa shape index (κ2) is 9.69. The van der Waals surface area contributed by atoms with E-state index in [1.54, 1.807) is 13.8 Å². The molecule has 0 saturated carbocycles. The van der Waals surface area contributed by atoms with Crippen molar-refractivity contribution in [3.05, 3.63) is 0 Å². The third-order valence-corrected chi connectivity index (χ3v) is 3.81. The van der Waals surface area contributed by atoms with E-state index in [2.05, 4.69) is 25.7 Å². The molecule has 0 atom stereocenters. The molecular weight excluding hydrogens is 264 g/mol. The van der Waals surface area contributed by atoms with Crippen molar-refractivity contribution < 1.29 is 13.0 Å². The molecule has 5 nitrogen and oxygen atoms in total. The van der Waals surface area contributed by atoms with Gasteiger partial charge >= 0.3 is 0 Å². The minimum Gasteiger partial charge on any atom is -0.309 e. The van der Waals surface area contributed by atoms with Crippen molar-refractivity contribution in [2.45, 2.75) is 34.6 Å². The van der Waals surface area contributed by atoms with Crippen LogP contribution in [0.15, 0.2) is 0 Å². The first-order valence-electron chi connectivity index (χ1n) is 6.79. The predicted molar refractivity (Wildman–Crippen MR) is 82.2 cm³/mol. The summed E-state index contributed by atoms with van der Waals surface area (Å²) in [5, 5.41) is 0. The fraction of sp³-hybridized carbons (Fsp3) is 1.00. The van der Waals surface area contributed by atoms with E-state index in [1.165, 1.54) is 19.6 Å². The Morgan fingerprint density at radius 3 is 1.53 bits per heavy atom. The van der Waals surface area contributed by atoms with Crippen molar-refractivity contribution in [2.75, 3.05) is 46.0 Å². The van der Waals surface area contributed by atoms with Crippen molar-refractivity contribution in [3.8, 4) is 0 Å². The zero-order valence-corrected chi connectivity index (χ0v) is 14.4. The monoisotopic (exact) mass is 296 g/mol. The highest BCUT2D eigenvalue weighted by Crippen LogP contribution is 2.17. The van der Waals surface area contributed by atoms with Gasteiger partial charge in [0.15, 0.2) is 0 Å². The molecule has 1 N–H and O–H groups in total. The summed E-state index contributed by atoms with van der Waals surface area (Å²) in [5.74, 6) is -0.196. The summed E-state index contributed by atoms with van der Waals surface area (Å²) in [4.78, 5) is 4.27. The predicted octanol–water partition coefficient (Wildman–Crippen LogP) is 1.81. The van der Waals surface area contributed by atoms with Crippen LogP contribution in [0.2, 0.25) is 0 Å². The fourth-order valence-electron chi connectivity index (χ4n) is 2.07. The third kappa shape index (κ3) is 15.8. The maximum Gasteiger partial charge on any atom is 0.265 e. The van der Waals surface area contributed by atoms with E-state index in [4.69, 9.17) is 4.55 Å². The van der Waals surface area contributed by atoms with E-state index < -0.39 is 15.5 Å². The minimum absolute atomic E-state index is 0.196. The Labute approximate surface area is 119 Å². The van der Waals surface area contributed by atoms with Crippen molar-refractivity contribution in [3.63, 3.8) is 0 Å². The summed E-state index contributed by atoms with van der Waals surface area (Å²) in [5.41, 5.74) is -0.406. The smallest absolute Gasteiger partial charge is 0.265 e. The van der Waals surface area contributed by atoms with Gasteiger partial charge in [-0.05, 0) is 39.1 Å². The van der Waals surface area contributed by atoms with Gasteiger partial charge in [-0.2, -0.15) is 8.42 Å². The van der Waals surface area contributed by atoms with Crippen LogP contribution in [-0.2, 0) is 10.1 Å². The molecule has 0 aliphatic heterocycles. The Balaban J connectivity index is 0. The second-order valence-corrected chi connectivity index (χ2v) is 7.20. The zero-order chi connectivity index (χ0) is 15.7. The summed E-state index contributed by atoms with van der Waals surface area (Å²) >= 11 is 0. The normalized spacial score (nSPS) is 12.5. The van der Waals surface area contributed by atoms with Gasteiger partial charge in [-0.1, -0.05) is 34.6 Å². The standard InChI is InChI=1S/C7H17NO3S.C6H15N/c1-7(2,5-8(3)4)6-12(9,10)11;1-4-7(5-2)6-3/h5-6H2,1-4H3,(H,9,10,11);4-6H2,1-3H3. The number of hydrogen-bond donors (Lipinski definition) is 1. The first-order valence-corrected chi connectivity index (χ1v) is 8.40. The highest BCUT2D eigenvalue weighted by Gasteiger charge is 2.25. The largest absolute Gasteiger partial charge is 0.309 e. The van der Waals surface area contributed by atoms with Crippen LogP contribution in [0, 0.1) is 5.41 Å². The molecule has 0 aromatic heterocycles. The molecule has 0 aromatic rings. The van der Waals surface area contributed by atoms with E-state index in [9.17, 15) is 8.42 Å². The number of rotatable bonds is 7. The number of nitrogens with zero attached hydrogens (tertiary/aromatic N) is 2. The van der Waals surface area contributed by atoms with Gasteiger partial charge in [0, 0.05) is 6.54 Å². The van der Waals surface area contributed by atoms with Gasteiger partial charge < -0.3 is 9.80 Å². The topological polar surface area (TPSA) is 60.9 Å². The van der Waals surface area contributed by atoms with Crippen LogP contribution < -0.4 is 0 Å². The lowest BCUT2D eigenvalue weighted by atomic mass is 9.96. The summed E-state index contributed by atoms with van der Waals surface area (Å²) in [6.45, 7) is 14.4. The first kappa shape index (κ1) is 21.1. The van der Waals surface area contributed by atoms with Crippen molar-refractivity contribution in [1.29, 1.82) is 0 Å². The maximum absolute atomic E-state index is 10.6. The first-order chi connectivity index (χ1) is 8.47. The minimum atomic E-state index is -3.85. The Kier molecular flexibility index (Phi) is 10.8. The lowest BCUT2D eigenvalue weighted by Gasteiger charge is -2.26. The van der Waals surface area contributed by atoms with Crippen LogP contribution in [0.1, 0.15) is 34.6 Å². The molecule has 0 saturated heterocycles. The van der Waals surface area contributed by atoms with Crippen LogP contribution >= 0.6 is 0 Å². The zero-order valence-electron chi connectivity index (χ0n) is 13.6. The van der Waals surface area contributed by atoms with E-state index in [0.29, 0.717) is 6.54 Å². The van der Waals surface area contributed by atoms with Gasteiger partial charge in [0.1, 0.15) is 0 Å². The Bertz CT molecular complexity index is 304. The summed E-state index contributed by atoms with van der Waals surface area (Å²) in [6, 6.07) is 0. The molecule has 0 aliphatic rings. The molecule has 0 radical (unpaired) electrons. The highest BCUT2D eigenvalue weighted by molar-refractivity contribution is 7.85. The van der Waals surface area contributed by atoms with Crippen molar-refractivity contribution in [2.24, 2.45) is 5.41 Å². The summed E-state index contributed by atoms with van der Waals surface area (Å²) in [6.07, 6.45) is 0. The Morgan fingerprint density at radius 1 is 1.00 bits per heavy atom. The molecule has 0 heterocycles. The van der Waals surface area contributed by atoms with Gasteiger partial charge in [0.2, 0.25) is 0 Å². The molecule has 0 fully saturated rings. The Morgan fingerprint density at radius 2 is 1.37 bits per heavy atom. The van der Waals surface area contributed by atoms with E-state index in [-0.39, 0.29) is 5.75 Å². The van der Waals surface area contributed by atoms with Crippen molar-refractivity contribution in [1.82, 2.24) is 9.80 Å². The van der Waals surface area contributed by atoms with Gasteiger partial charge in [0.25, 0.3) is 10.1 Å². The summed E-state index contributed by atoms with van der Waals surface area (Å²) < 4.78 is 29.8. The van der Waals surface area contributed by atoms with Gasteiger partial charge in [-0.25, -0.2) is 0 Å². The van der Waals surface area contributed by atoms with Crippen LogP contribution in [0.4, 0.5) is 0 Å². The molecular formula is C13H32N2O3S. The molecule has 19 heavy (non-hydrogen) atoms. The molecule has 6 heteroatoms. The molecule has 0 spiro atoms. The number of hydrogen-bond acceptors (Lipinski definition) is 4. The highest BCUT2D eigenvalue weighted by atomic mass is 32.2. The molecule has 0 aliphatic carbocycles. The second-order valence-electron chi connectivity index (χ2n) is 5.75. The lowest BCUT2D eigenvalue weighted by Crippen LogP contribution is -2.34. The summed E-state index contributed by atoms with van der Waals surface area (Å²) in [7, 11) is -0.120. The Hall–Kier alpha value is -0.170. The van der Waals surface area contributed by atoms with E-state index in [1.807, 2.05) is 19.0 Å². The van der Waals surface area contributed by atoms with E-state index in [0.717, 1.165) is 0 Å². The van der Waals surface area contributed by atoms with Crippen LogP contribution in [0.3, 0.4) is 0 Å². The average Bonchev–Trinajstić information content (AvgIpc) is 2.15. The van der Waals surface area contributed by atoms with E-state index >= 15 is 0 Å². The molecule has 0 aromatic carbocycles. The van der Waals surface area contributed by atoms with Crippen molar-refractivity contribution >= 4 is 10.1 Å². The fourth-order valence-corrected chi connectivity index (χ4v) is 3.15.